The van der Waals surface area contributed by atoms with Gasteiger partial charge in [0.05, 0.1) is 10.3 Å². The van der Waals surface area contributed by atoms with Crippen LogP contribution in [-0.2, 0) is 21.3 Å². The lowest BCUT2D eigenvalue weighted by Gasteiger charge is -2.12. The predicted octanol–water partition coefficient (Wildman–Crippen LogP) is 2.21. The van der Waals surface area contributed by atoms with Gasteiger partial charge in [0.25, 0.3) is 0 Å². The molecule has 0 N–H and O–H groups in total. The van der Waals surface area contributed by atoms with Gasteiger partial charge < -0.3 is 14.0 Å². The van der Waals surface area contributed by atoms with E-state index in [9.17, 15) is 18.0 Å². The molecule has 10 heteroatoms. The first-order chi connectivity index (χ1) is 15.1. The van der Waals surface area contributed by atoms with Crippen LogP contribution in [0.1, 0.15) is 23.0 Å². The molecule has 2 aromatic heterocycles. The molecule has 3 aromatic rings. The van der Waals surface area contributed by atoms with Crippen molar-refractivity contribution in [3.05, 3.63) is 64.1 Å². The molecule has 9 nitrogen and oxygen atoms in total. The first-order valence-corrected chi connectivity index (χ1v) is 11.4. The summed E-state index contributed by atoms with van der Waals surface area (Å²) in [5.41, 5.74) is 0.806. The van der Waals surface area contributed by atoms with Crippen LogP contribution < -0.4 is 10.2 Å². The lowest BCUT2D eigenvalue weighted by molar-refractivity contribution is 0.0448. The van der Waals surface area contributed by atoms with E-state index < -0.39 is 21.4 Å². The van der Waals surface area contributed by atoms with Crippen molar-refractivity contribution in [1.29, 1.82) is 0 Å². The summed E-state index contributed by atoms with van der Waals surface area (Å²) in [5.74, 6) is -0.310. The smallest absolute Gasteiger partial charge is 0.343 e. The van der Waals surface area contributed by atoms with E-state index in [0.29, 0.717) is 23.3 Å². The van der Waals surface area contributed by atoms with Crippen molar-refractivity contribution in [2.75, 3.05) is 27.3 Å². The van der Waals surface area contributed by atoms with Crippen molar-refractivity contribution in [3.8, 4) is 5.75 Å². The molecule has 0 aliphatic rings. The second-order valence-electron chi connectivity index (χ2n) is 7.22. The maximum absolute atomic E-state index is 12.7. The quantitative estimate of drug-likeness (QED) is 0.375. The van der Waals surface area contributed by atoms with Crippen LogP contribution in [0.2, 0.25) is 0 Å². The molecule has 0 amide bonds. The highest BCUT2D eigenvalue weighted by Crippen LogP contribution is 2.18. The van der Waals surface area contributed by atoms with Crippen LogP contribution in [0.3, 0.4) is 0 Å². The van der Waals surface area contributed by atoms with E-state index in [0.717, 1.165) is 10.00 Å². The molecule has 0 saturated heterocycles. The molecule has 0 atom stereocenters. The van der Waals surface area contributed by atoms with Crippen molar-refractivity contribution >= 4 is 27.0 Å². The fourth-order valence-corrected chi connectivity index (χ4v) is 3.94. The number of hydrogen-bond acceptors (Lipinski definition) is 7. The van der Waals surface area contributed by atoms with Gasteiger partial charge in [0.15, 0.2) is 0 Å². The SMILES string of the molecule is CCn1cc(C(=O)OCCOc2ccc(S(=O)(=O)N(C)C)cc2)c(=O)c2ccc(C)nc21. The average Bonchev–Trinajstić information content (AvgIpc) is 2.77. The van der Waals surface area contributed by atoms with E-state index in [4.69, 9.17) is 9.47 Å². The van der Waals surface area contributed by atoms with Gasteiger partial charge in [-0.2, -0.15) is 0 Å². The van der Waals surface area contributed by atoms with Crippen molar-refractivity contribution in [2.45, 2.75) is 25.3 Å². The topological polar surface area (TPSA) is 108 Å². The highest BCUT2D eigenvalue weighted by Gasteiger charge is 2.18. The van der Waals surface area contributed by atoms with Crippen molar-refractivity contribution in [2.24, 2.45) is 0 Å². The summed E-state index contributed by atoms with van der Waals surface area (Å²) in [6, 6.07) is 9.31. The van der Waals surface area contributed by atoms with Crippen molar-refractivity contribution in [1.82, 2.24) is 13.9 Å². The average molecular weight is 460 g/mol. The van der Waals surface area contributed by atoms with Crippen LogP contribution in [-0.4, -0.2) is 55.6 Å². The Bertz CT molecular complexity index is 1300. The maximum atomic E-state index is 12.7. The number of aromatic nitrogens is 2. The van der Waals surface area contributed by atoms with Crippen molar-refractivity contribution < 1.29 is 22.7 Å². The fraction of sp³-hybridized carbons (Fsp3) is 0.318. The molecule has 0 aliphatic heterocycles. The molecule has 2 heterocycles. The third-order valence-corrected chi connectivity index (χ3v) is 6.64. The maximum Gasteiger partial charge on any atom is 0.343 e. The number of nitrogens with zero attached hydrogens (tertiary/aromatic N) is 3. The highest BCUT2D eigenvalue weighted by atomic mass is 32.2. The first-order valence-electron chi connectivity index (χ1n) is 9.98. The van der Waals surface area contributed by atoms with Crippen LogP contribution in [0.5, 0.6) is 5.75 Å². The lowest BCUT2D eigenvalue weighted by Crippen LogP contribution is -2.23. The summed E-state index contributed by atoms with van der Waals surface area (Å²) in [6.07, 6.45) is 1.46. The Morgan fingerprint density at radius 3 is 2.41 bits per heavy atom. The van der Waals surface area contributed by atoms with Gasteiger partial charge in [-0.3, -0.25) is 4.79 Å². The number of fused-ring (bicyclic) bond motifs is 1. The van der Waals surface area contributed by atoms with Crippen LogP contribution in [0.25, 0.3) is 11.0 Å². The van der Waals surface area contributed by atoms with E-state index in [-0.39, 0.29) is 23.7 Å². The molecule has 0 saturated carbocycles. The first kappa shape index (κ1) is 23.4. The minimum atomic E-state index is -3.52. The third kappa shape index (κ3) is 4.81. The van der Waals surface area contributed by atoms with Crippen LogP contribution in [0.15, 0.2) is 52.3 Å². The molecule has 0 radical (unpaired) electrons. The summed E-state index contributed by atoms with van der Waals surface area (Å²) < 4.78 is 37.7. The van der Waals surface area contributed by atoms with Gasteiger partial charge in [0.1, 0.15) is 30.2 Å². The number of esters is 1. The molecule has 0 fully saturated rings. The van der Waals surface area contributed by atoms with E-state index in [1.807, 2.05) is 13.8 Å². The monoisotopic (exact) mass is 459 g/mol. The molecule has 0 spiro atoms. The number of pyridine rings is 2. The largest absolute Gasteiger partial charge is 0.490 e. The molecular formula is C22H25N3O6S. The molecule has 0 unspecified atom stereocenters. The molecule has 170 valence electrons. The molecule has 0 bridgehead atoms. The minimum absolute atomic E-state index is 0.0435. The predicted molar refractivity (Wildman–Crippen MR) is 120 cm³/mol. The summed E-state index contributed by atoms with van der Waals surface area (Å²) in [7, 11) is -0.607. The number of aryl methyl sites for hydroxylation is 2. The number of rotatable bonds is 8. The highest BCUT2D eigenvalue weighted by molar-refractivity contribution is 7.89. The summed E-state index contributed by atoms with van der Waals surface area (Å²) >= 11 is 0. The van der Waals surface area contributed by atoms with Gasteiger partial charge in [-0.05, 0) is 50.2 Å². The Balaban J connectivity index is 1.64. The van der Waals surface area contributed by atoms with Gasteiger partial charge in [0, 0.05) is 32.5 Å². The third-order valence-electron chi connectivity index (χ3n) is 4.81. The van der Waals surface area contributed by atoms with E-state index >= 15 is 0 Å². The van der Waals surface area contributed by atoms with E-state index in [2.05, 4.69) is 4.98 Å². The van der Waals surface area contributed by atoms with Crippen LogP contribution >= 0.6 is 0 Å². The second kappa shape index (κ2) is 9.49. The van der Waals surface area contributed by atoms with E-state index in [1.54, 1.807) is 16.7 Å². The van der Waals surface area contributed by atoms with Crippen LogP contribution in [0, 0.1) is 6.92 Å². The Labute approximate surface area is 186 Å². The minimum Gasteiger partial charge on any atom is -0.490 e. The lowest BCUT2D eigenvalue weighted by atomic mass is 10.2. The summed E-state index contributed by atoms with van der Waals surface area (Å²) in [6.45, 7) is 4.23. The van der Waals surface area contributed by atoms with Crippen molar-refractivity contribution in [3.63, 3.8) is 0 Å². The number of carbonyl (C=O) groups excluding carboxylic acids is 1. The van der Waals surface area contributed by atoms with Gasteiger partial charge in [-0.1, -0.05) is 0 Å². The summed E-state index contributed by atoms with van der Waals surface area (Å²) in [5, 5.41) is 0.357. The molecular weight excluding hydrogens is 434 g/mol. The molecule has 3 rings (SSSR count). The van der Waals surface area contributed by atoms with Gasteiger partial charge >= 0.3 is 5.97 Å². The van der Waals surface area contributed by atoms with Gasteiger partial charge in [-0.15, -0.1) is 0 Å². The zero-order chi connectivity index (χ0) is 23.5. The number of carbonyl (C=O) groups is 1. The Kier molecular flexibility index (Phi) is 6.95. The zero-order valence-electron chi connectivity index (χ0n) is 18.4. The number of hydrogen-bond donors (Lipinski definition) is 0. The Hall–Kier alpha value is -3.24. The molecule has 1 aromatic carbocycles. The Morgan fingerprint density at radius 1 is 1.09 bits per heavy atom. The normalized spacial score (nSPS) is 11.7. The van der Waals surface area contributed by atoms with Gasteiger partial charge in [-0.25, -0.2) is 22.5 Å². The van der Waals surface area contributed by atoms with Gasteiger partial charge in [0.2, 0.25) is 15.5 Å². The number of ether oxygens (including phenoxy) is 2. The number of benzene rings is 1. The fourth-order valence-electron chi connectivity index (χ4n) is 3.04. The second-order valence-corrected chi connectivity index (χ2v) is 9.38. The summed E-state index contributed by atoms with van der Waals surface area (Å²) in [4.78, 5) is 29.8. The van der Waals surface area contributed by atoms with Crippen LogP contribution in [0.4, 0.5) is 0 Å². The molecule has 0 aliphatic carbocycles. The Morgan fingerprint density at radius 2 is 1.78 bits per heavy atom. The zero-order valence-corrected chi connectivity index (χ0v) is 19.2. The number of sulfonamides is 1. The standard InChI is InChI=1S/C22H25N3O6S/c1-5-25-14-19(20(26)18-11-6-15(2)23-21(18)25)22(27)31-13-12-30-16-7-9-17(10-8-16)32(28,29)24(3)4/h6-11,14H,5,12-13H2,1-4H3. The van der Waals surface area contributed by atoms with E-state index in [1.165, 1.54) is 44.6 Å². The molecule has 32 heavy (non-hydrogen) atoms.